The third-order valence-corrected chi connectivity index (χ3v) is 4.49. The SMILES string of the molecule is COc1ccc(NC(=O)Nc2cccc(-c3ccc4nnc(C)n4n3)c2)c(OC)c1. The van der Waals surface area contributed by atoms with E-state index in [2.05, 4.69) is 25.9 Å². The third kappa shape index (κ3) is 3.86. The smallest absolute Gasteiger partial charge is 0.323 e. The van der Waals surface area contributed by atoms with Crippen LogP contribution in [0, 0.1) is 6.92 Å². The molecule has 0 saturated carbocycles. The average molecular weight is 404 g/mol. The van der Waals surface area contributed by atoms with Gasteiger partial charge in [0, 0.05) is 17.3 Å². The van der Waals surface area contributed by atoms with Crippen molar-refractivity contribution in [1.82, 2.24) is 19.8 Å². The Morgan fingerprint density at radius 3 is 2.63 bits per heavy atom. The Morgan fingerprint density at radius 1 is 0.967 bits per heavy atom. The molecule has 0 aliphatic heterocycles. The highest BCUT2D eigenvalue weighted by molar-refractivity contribution is 6.01. The molecule has 0 unspecified atom stereocenters. The zero-order valence-electron chi connectivity index (χ0n) is 16.7. The van der Waals surface area contributed by atoms with Gasteiger partial charge in [-0.2, -0.15) is 9.61 Å². The number of benzene rings is 2. The van der Waals surface area contributed by atoms with Crippen LogP contribution < -0.4 is 20.1 Å². The molecule has 2 heterocycles. The van der Waals surface area contributed by atoms with Crippen molar-refractivity contribution in [1.29, 1.82) is 0 Å². The zero-order valence-corrected chi connectivity index (χ0v) is 16.7. The Hall–Kier alpha value is -4.14. The summed E-state index contributed by atoms with van der Waals surface area (Å²) in [5, 5.41) is 18.2. The summed E-state index contributed by atoms with van der Waals surface area (Å²) in [5.74, 6) is 1.84. The predicted octanol–water partition coefficient (Wildman–Crippen LogP) is 3.76. The number of hydrogen-bond donors (Lipinski definition) is 2. The molecule has 2 amide bonds. The maximum absolute atomic E-state index is 12.5. The van der Waals surface area contributed by atoms with Gasteiger partial charge in [-0.1, -0.05) is 12.1 Å². The van der Waals surface area contributed by atoms with Gasteiger partial charge in [0.2, 0.25) is 0 Å². The molecule has 0 radical (unpaired) electrons. The van der Waals surface area contributed by atoms with Gasteiger partial charge in [-0.15, -0.1) is 10.2 Å². The van der Waals surface area contributed by atoms with Crippen molar-refractivity contribution in [3.05, 3.63) is 60.4 Å². The van der Waals surface area contributed by atoms with Crippen LogP contribution in [0.4, 0.5) is 16.2 Å². The van der Waals surface area contributed by atoms with Crippen molar-refractivity contribution < 1.29 is 14.3 Å². The molecule has 4 aromatic rings. The summed E-state index contributed by atoms with van der Waals surface area (Å²) < 4.78 is 12.2. The number of urea groups is 1. The molecule has 0 atom stereocenters. The summed E-state index contributed by atoms with van der Waals surface area (Å²) in [5.41, 5.74) is 3.43. The third-order valence-electron chi connectivity index (χ3n) is 4.49. The minimum Gasteiger partial charge on any atom is -0.497 e. The number of rotatable bonds is 5. The maximum Gasteiger partial charge on any atom is 0.323 e. The molecular formula is C21H20N6O3. The number of methoxy groups -OCH3 is 2. The van der Waals surface area contributed by atoms with Crippen molar-refractivity contribution in [2.45, 2.75) is 6.92 Å². The van der Waals surface area contributed by atoms with E-state index < -0.39 is 6.03 Å². The van der Waals surface area contributed by atoms with Gasteiger partial charge in [0.25, 0.3) is 0 Å². The van der Waals surface area contributed by atoms with Crippen LogP contribution in [0.3, 0.4) is 0 Å². The molecule has 30 heavy (non-hydrogen) atoms. The van der Waals surface area contributed by atoms with E-state index in [-0.39, 0.29) is 0 Å². The summed E-state index contributed by atoms with van der Waals surface area (Å²) >= 11 is 0. The number of hydrogen-bond acceptors (Lipinski definition) is 6. The summed E-state index contributed by atoms with van der Waals surface area (Å²) in [7, 11) is 3.10. The van der Waals surface area contributed by atoms with Crippen molar-refractivity contribution in [3.63, 3.8) is 0 Å². The number of nitrogens with zero attached hydrogens (tertiary/aromatic N) is 4. The Balaban J connectivity index is 1.53. The van der Waals surface area contributed by atoms with E-state index >= 15 is 0 Å². The van der Waals surface area contributed by atoms with Crippen molar-refractivity contribution in [2.24, 2.45) is 0 Å². The molecule has 9 heteroatoms. The molecule has 9 nitrogen and oxygen atoms in total. The van der Waals surface area contributed by atoms with Crippen LogP contribution in [-0.4, -0.2) is 40.1 Å². The predicted molar refractivity (Wildman–Crippen MR) is 113 cm³/mol. The topological polar surface area (TPSA) is 103 Å². The fourth-order valence-electron chi connectivity index (χ4n) is 2.99. The lowest BCUT2D eigenvalue weighted by atomic mass is 10.1. The van der Waals surface area contributed by atoms with E-state index in [1.54, 1.807) is 35.9 Å². The second-order valence-electron chi connectivity index (χ2n) is 6.46. The van der Waals surface area contributed by atoms with E-state index in [1.165, 1.54) is 7.11 Å². The maximum atomic E-state index is 12.5. The molecular weight excluding hydrogens is 384 g/mol. The standard InChI is InChI=1S/C21H20N6O3/c1-13-24-25-20-10-9-17(26-27(13)20)14-5-4-6-15(11-14)22-21(28)23-18-8-7-16(29-2)12-19(18)30-3/h4-12H,1-3H3,(H2,22,23,28). The monoisotopic (exact) mass is 404 g/mol. The first-order valence-electron chi connectivity index (χ1n) is 9.17. The number of anilines is 2. The first-order chi connectivity index (χ1) is 14.6. The van der Waals surface area contributed by atoms with Gasteiger partial charge in [0.15, 0.2) is 11.5 Å². The summed E-state index contributed by atoms with van der Waals surface area (Å²) in [6.07, 6.45) is 0. The molecule has 0 saturated heterocycles. The van der Waals surface area contributed by atoms with E-state index in [9.17, 15) is 4.79 Å². The number of aryl methyl sites for hydroxylation is 1. The van der Waals surface area contributed by atoms with Crippen LogP contribution in [0.2, 0.25) is 0 Å². The number of amides is 2. The van der Waals surface area contributed by atoms with Gasteiger partial charge in [-0.05, 0) is 43.3 Å². The molecule has 152 valence electrons. The average Bonchev–Trinajstić information content (AvgIpc) is 3.14. The molecule has 0 aliphatic rings. The number of ether oxygens (including phenoxy) is 2. The van der Waals surface area contributed by atoms with Crippen LogP contribution in [-0.2, 0) is 0 Å². The van der Waals surface area contributed by atoms with Gasteiger partial charge in [0.1, 0.15) is 11.5 Å². The van der Waals surface area contributed by atoms with Crippen molar-refractivity contribution >= 4 is 23.1 Å². The van der Waals surface area contributed by atoms with Gasteiger partial charge in [-0.3, -0.25) is 0 Å². The largest absolute Gasteiger partial charge is 0.497 e. The summed E-state index contributed by atoms with van der Waals surface area (Å²) in [6, 6.07) is 15.9. The summed E-state index contributed by atoms with van der Waals surface area (Å²) in [4.78, 5) is 12.5. The van der Waals surface area contributed by atoms with Crippen molar-refractivity contribution in [3.8, 4) is 22.8 Å². The van der Waals surface area contributed by atoms with Gasteiger partial charge < -0.3 is 20.1 Å². The van der Waals surface area contributed by atoms with Gasteiger partial charge in [-0.25, -0.2) is 4.79 Å². The van der Waals surface area contributed by atoms with Crippen LogP contribution in [0.5, 0.6) is 11.5 Å². The minimum atomic E-state index is -0.395. The van der Waals surface area contributed by atoms with Crippen LogP contribution >= 0.6 is 0 Å². The van der Waals surface area contributed by atoms with E-state index in [0.29, 0.717) is 34.3 Å². The quantitative estimate of drug-likeness (QED) is 0.525. The number of nitrogens with one attached hydrogen (secondary N) is 2. The Morgan fingerprint density at radius 2 is 1.83 bits per heavy atom. The highest BCUT2D eigenvalue weighted by Gasteiger charge is 2.10. The van der Waals surface area contributed by atoms with Crippen molar-refractivity contribution in [2.75, 3.05) is 24.9 Å². The molecule has 2 N–H and O–H groups in total. The van der Waals surface area contributed by atoms with Gasteiger partial charge in [0.05, 0.1) is 25.6 Å². The number of carbonyl (C=O) groups excluding carboxylic acids is 1. The van der Waals surface area contributed by atoms with Crippen LogP contribution in [0.25, 0.3) is 16.9 Å². The number of fused-ring (bicyclic) bond motifs is 1. The minimum absolute atomic E-state index is 0.395. The lowest BCUT2D eigenvalue weighted by molar-refractivity contribution is 0.262. The zero-order chi connectivity index (χ0) is 21.1. The Labute approximate surface area is 172 Å². The highest BCUT2D eigenvalue weighted by Crippen LogP contribution is 2.29. The molecule has 0 spiro atoms. The van der Waals surface area contributed by atoms with Crippen LogP contribution in [0.15, 0.2) is 54.6 Å². The Kier molecular flexibility index (Phi) is 5.17. The molecule has 0 bridgehead atoms. The lowest BCUT2D eigenvalue weighted by Gasteiger charge is -2.13. The molecule has 4 rings (SSSR count). The first kappa shape index (κ1) is 19.2. The molecule has 2 aromatic carbocycles. The fraction of sp³-hybridized carbons (Fsp3) is 0.143. The molecule has 2 aromatic heterocycles. The normalized spacial score (nSPS) is 10.6. The second kappa shape index (κ2) is 8.08. The van der Waals surface area contributed by atoms with E-state index in [4.69, 9.17) is 9.47 Å². The lowest BCUT2D eigenvalue weighted by Crippen LogP contribution is -2.19. The summed E-state index contributed by atoms with van der Waals surface area (Å²) in [6.45, 7) is 1.84. The molecule has 0 aliphatic carbocycles. The van der Waals surface area contributed by atoms with Gasteiger partial charge >= 0.3 is 6.03 Å². The fourth-order valence-corrected chi connectivity index (χ4v) is 2.99. The highest BCUT2D eigenvalue weighted by atomic mass is 16.5. The van der Waals surface area contributed by atoms with Crippen LogP contribution in [0.1, 0.15) is 5.82 Å². The number of carbonyl (C=O) groups is 1. The Bertz CT molecular complexity index is 1220. The first-order valence-corrected chi connectivity index (χ1v) is 9.17. The number of aromatic nitrogens is 4. The van der Waals surface area contributed by atoms with E-state index in [1.807, 2.05) is 37.3 Å². The van der Waals surface area contributed by atoms with E-state index in [0.717, 1.165) is 11.3 Å². The molecule has 0 fully saturated rings. The second-order valence-corrected chi connectivity index (χ2v) is 6.46.